The lowest BCUT2D eigenvalue weighted by molar-refractivity contribution is 0.503. The van der Waals surface area contributed by atoms with Crippen LogP contribution >= 0.6 is 12.6 Å². The summed E-state index contributed by atoms with van der Waals surface area (Å²) in [5.41, 5.74) is 6.23. The summed E-state index contributed by atoms with van der Waals surface area (Å²) < 4.78 is 0. The lowest BCUT2D eigenvalue weighted by Crippen LogP contribution is -2.44. The van der Waals surface area contributed by atoms with Crippen LogP contribution in [-0.4, -0.2) is 5.84 Å². The van der Waals surface area contributed by atoms with Crippen molar-refractivity contribution in [2.75, 3.05) is 0 Å². The summed E-state index contributed by atoms with van der Waals surface area (Å²) in [6, 6.07) is 13.6. The molecular formula is C14H12N4S. The number of hydrogen-bond donors (Lipinski definition) is 2. The predicted octanol–water partition coefficient (Wildman–Crippen LogP) is 2.12. The number of benzene rings is 1. The molecule has 2 rings (SSSR count). The van der Waals surface area contributed by atoms with Gasteiger partial charge in [0.25, 0.3) is 0 Å². The molecule has 1 heterocycles. The van der Waals surface area contributed by atoms with Gasteiger partial charge in [-0.05, 0) is 12.5 Å². The molecule has 0 bridgehead atoms. The van der Waals surface area contributed by atoms with E-state index < -0.39 is 11.3 Å². The van der Waals surface area contributed by atoms with Crippen molar-refractivity contribution in [3.05, 3.63) is 46.5 Å². The van der Waals surface area contributed by atoms with Crippen LogP contribution in [0.4, 0.5) is 0 Å². The van der Waals surface area contributed by atoms with E-state index in [9.17, 15) is 10.5 Å². The largest absolute Gasteiger partial charge is 0.386 e. The van der Waals surface area contributed by atoms with Crippen LogP contribution in [0.25, 0.3) is 0 Å². The molecular weight excluding hydrogens is 256 g/mol. The van der Waals surface area contributed by atoms with Crippen LogP contribution in [0.2, 0.25) is 0 Å². The highest BCUT2D eigenvalue weighted by molar-refractivity contribution is 7.84. The molecule has 0 fully saturated rings. The standard InChI is InChI=1S/C14H12N4S/c1-14(9-5-3-2-4-6-9)10(7-15)12(17)18-13(19)11(14)8-16/h2-6,10,19H,1H3,(H2,17,18)/t10?,14-/m0/s1. The summed E-state index contributed by atoms with van der Waals surface area (Å²) in [7, 11) is 0. The highest BCUT2D eigenvalue weighted by Gasteiger charge is 2.46. The van der Waals surface area contributed by atoms with E-state index in [1.165, 1.54) is 0 Å². The summed E-state index contributed by atoms with van der Waals surface area (Å²) in [4.78, 5) is 4.00. The molecule has 1 unspecified atom stereocenters. The van der Waals surface area contributed by atoms with Gasteiger partial charge in [-0.15, -0.1) is 12.6 Å². The molecule has 0 aliphatic carbocycles. The molecule has 1 aliphatic rings. The third-order valence-electron chi connectivity index (χ3n) is 3.47. The first kappa shape index (κ1) is 13.2. The van der Waals surface area contributed by atoms with E-state index in [0.29, 0.717) is 5.57 Å². The van der Waals surface area contributed by atoms with Crippen LogP contribution in [0.3, 0.4) is 0 Å². The molecule has 1 aliphatic heterocycles. The van der Waals surface area contributed by atoms with Crippen molar-refractivity contribution in [2.24, 2.45) is 16.6 Å². The van der Waals surface area contributed by atoms with Gasteiger partial charge in [-0.2, -0.15) is 10.5 Å². The minimum atomic E-state index is -0.826. The minimum Gasteiger partial charge on any atom is -0.386 e. The molecule has 1 aromatic carbocycles. The number of nitrogens with two attached hydrogens (primary N) is 1. The zero-order valence-corrected chi connectivity index (χ0v) is 11.2. The maximum atomic E-state index is 9.39. The highest BCUT2D eigenvalue weighted by Crippen LogP contribution is 2.43. The molecule has 2 N–H and O–H groups in total. The van der Waals surface area contributed by atoms with E-state index in [2.05, 4.69) is 29.8 Å². The van der Waals surface area contributed by atoms with Crippen molar-refractivity contribution < 1.29 is 0 Å². The fourth-order valence-electron chi connectivity index (χ4n) is 2.37. The second-order valence-corrected chi connectivity index (χ2v) is 4.90. The van der Waals surface area contributed by atoms with Crippen molar-refractivity contribution in [1.82, 2.24) is 0 Å². The second kappa shape index (κ2) is 4.79. The first-order valence-corrected chi connectivity index (χ1v) is 6.13. The van der Waals surface area contributed by atoms with E-state index >= 15 is 0 Å². The Bertz CT molecular complexity index is 648. The zero-order chi connectivity index (χ0) is 14.0. The van der Waals surface area contributed by atoms with Crippen molar-refractivity contribution in [2.45, 2.75) is 12.3 Å². The van der Waals surface area contributed by atoms with Crippen molar-refractivity contribution in [1.29, 1.82) is 10.5 Å². The molecule has 0 saturated heterocycles. The molecule has 19 heavy (non-hydrogen) atoms. The van der Waals surface area contributed by atoms with Gasteiger partial charge in [0.15, 0.2) is 0 Å². The van der Waals surface area contributed by atoms with Crippen LogP contribution in [0.1, 0.15) is 12.5 Å². The third kappa shape index (κ3) is 1.89. The molecule has 0 saturated carbocycles. The number of aliphatic imine (C=N–C) groups is 1. The molecule has 5 heteroatoms. The van der Waals surface area contributed by atoms with Crippen LogP contribution in [-0.2, 0) is 5.41 Å². The second-order valence-electron chi connectivity index (χ2n) is 4.48. The lowest BCUT2D eigenvalue weighted by atomic mass is 9.66. The fourth-order valence-corrected chi connectivity index (χ4v) is 2.77. The summed E-state index contributed by atoms with van der Waals surface area (Å²) >= 11 is 4.22. The summed E-state index contributed by atoms with van der Waals surface area (Å²) in [6.45, 7) is 1.83. The molecule has 1 aromatic rings. The van der Waals surface area contributed by atoms with Crippen molar-refractivity contribution >= 4 is 18.5 Å². The molecule has 94 valence electrons. The van der Waals surface area contributed by atoms with Gasteiger partial charge >= 0.3 is 0 Å². The van der Waals surface area contributed by atoms with Gasteiger partial charge in [-0.3, -0.25) is 0 Å². The Kier molecular flexibility index (Phi) is 3.33. The number of thiol groups is 1. The number of nitrogens with zero attached hydrogens (tertiary/aromatic N) is 3. The van der Waals surface area contributed by atoms with Gasteiger partial charge in [-0.25, -0.2) is 4.99 Å². The normalized spacial score (nSPS) is 26.3. The Morgan fingerprint density at radius 3 is 2.47 bits per heavy atom. The van der Waals surface area contributed by atoms with Crippen LogP contribution in [0.5, 0.6) is 0 Å². The van der Waals surface area contributed by atoms with Crippen LogP contribution < -0.4 is 5.73 Å². The number of allylic oxidation sites excluding steroid dienone is 1. The van der Waals surface area contributed by atoms with Gasteiger partial charge in [0.2, 0.25) is 0 Å². The Morgan fingerprint density at radius 2 is 1.95 bits per heavy atom. The molecule has 2 atom stereocenters. The first-order chi connectivity index (χ1) is 9.05. The Morgan fingerprint density at radius 1 is 1.32 bits per heavy atom. The average molecular weight is 268 g/mol. The number of nitriles is 2. The van der Waals surface area contributed by atoms with E-state index in [1.54, 1.807) is 0 Å². The number of rotatable bonds is 1. The summed E-state index contributed by atoms with van der Waals surface area (Å²) in [6.07, 6.45) is 0. The first-order valence-electron chi connectivity index (χ1n) is 5.68. The maximum absolute atomic E-state index is 9.39. The molecule has 0 radical (unpaired) electrons. The smallest absolute Gasteiger partial charge is 0.119 e. The Balaban J connectivity index is 2.75. The third-order valence-corrected chi connectivity index (χ3v) is 3.79. The SMILES string of the molecule is C[C@@]1(c2ccccc2)C(C#N)=C(S)N=C(N)C1C#N. The van der Waals surface area contributed by atoms with Crippen LogP contribution in [0.15, 0.2) is 45.9 Å². The molecule has 4 nitrogen and oxygen atoms in total. The topological polar surface area (TPSA) is 86.0 Å². The van der Waals surface area contributed by atoms with Crippen LogP contribution in [0, 0.1) is 28.6 Å². The fraction of sp³-hybridized carbons (Fsp3) is 0.214. The van der Waals surface area contributed by atoms with Gasteiger partial charge in [-0.1, -0.05) is 30.3 Å². The van der Waals surface area contributed by atoms with Crippen molar-refractivity contribution in [3.8, 4) is 12.1 Å². The van der Waals surface area contributed by atoms with E-state index in [0.717, 1.165) is 5.56 Å². The monoisotopic (exact) mass is 268 g/mol. The predicted molar refractivity (Wildman–Crippen MR) is 76.1 cm³/mol. The molecule has 0 spiro atoms. The molecule has 0 amide bonds. The van der Waals surface area contributed by atoms with E-state index in [4.69, 9.17) is 5.73 Å². The van der Waals surface area contributed by atoms with Gasteiger partial charge in [0.1, 0.15) is 16.8 Å². The van der Waals surface area contributed by atoms with Gasteiger partial charge < -0.3 is 5.73 Å². The van der Waals surface area contributed by atoms with Crippen molar-refractivity contribution in [3.63, 3.8) is 0 Å². The summed E-state index contributed by atoms with van der Waals surface area (Å²) in [5.74, 6) is -0.488. The lowest BCUT2D eigenvalue weighted by Gasteiger charge is -2.36. The highest BCUT2D eigenvalue weighted by atomic mass is 32.1. The van der Waals surface area contributed by atoms with Gasteiger partial charge in [0.05, 0.1) is 23.1 Å². The number of hydrogen-bond acceptors (Lipinski definition) is 5. The maximum Gasteiger partial charge on any atom is 0.119 e. The van der Waals surface area contributed by atoms with Gasteiger partial charge in [0, 0.05) is 0 Å². The van der Waals surface area contributed by atoms with E-state index in [1.807, 2.05) is 37.3 Å². The minimum absolute atomic E-state index is 0.192. The average Bonchev–Trinajstić information content (AvgIpc) is 2.40. The summed E-state index contributed by atoms with van der Waals surface area (Å²) in [5, 5.41) is 19.0. The Hall–Kier alpha value is -2.24. The molecule has 0 aromatic heterocycles. The Labute approximate surface area is 117 Å². The number of amidine groups is 1. The quantitative estimate of drug-likeness (QED) is 0.765. The van der Waals surface area contributed by atoms with E-state index in [-0.39, 0.29) is 10.9 Å². The zero-order valence-electron chi connectivity index (χ0n) is 10.3.